The van der Waals surface area contributed by atoms with Crippen molar-refractivity contribution >= 4 is 35.1 Å². The van der Waals surface area contributed by atoms with Gasteiger partial charge in [0.05, 0.1) is 12.1 Å². The number of guanidine groups is 1. The Morgan fingerprint density at radius 2 is 1.97 bits per heavy atom. The Hall–Kier alpha value is -4.32. The minimum absolute atomic E-state index is 0.0203. The Kier molecular flexibility index (Phi) is 8.46. The first-order valence-electron chi connectivity index (χ1n) is 11.1. The van der Waals surface area contributed by atoms with E-state index in [1.54, 1.807) is 24.3 Å². The number of carbonyl (C=O) groups is 3. The molecule has 0 aromatic heterocycles. The highest BCUT2D eigenvalue weighted by molar-refractivity contribution is 5.99. The molecule has 0 radical (unpaired) electrons. The van der Waals surface area contributed by atoms with Gasteiger partial charge in [-0.15, -0.1) is 0 Å². The summed E-state index contributed by atoms with van der Waals surface area (Å²) < 4.78 is 5.93. The lowest BCUT2D eigenvalue weighted by Gasteiger charge is -2.22. The molecular formula is C23H30N8O4. The van der Waals surface area contributed by atoms with Crippen molar-refractivity contribution in [3.63, 3.8) is 0 Å². The SMILES string of the molecule is N=C(N)NCCC[C@H]1CNCC(=O)Nc2cc(C(N)=O)ccc2COc2ccc(N)cc2C(=O)N1. The second-order valence-electron chi connectivity index (χ2n) is 8.11. The maximum absolute atomic E-state index is 13.1. The van der Waals surface area contributed by atoms with Crippen LogP contribution in [0.25, 0.3) is 0 Å². The molecule has 2 aromatic carbocycles. The van der Waals surface area contributed by atoms with E-state index in [2.05, 4.69) is 21.3 Å². The molecule has 11 N–H and O–H groups in total. The molecule has 3 rings (SSSR count). The van der Waals surface area contributed by atoms with E-state index in [4.69, 9.17) is 27.3 Å². The number of anilines is 2. The Labute approximate surface area is 202 Å². The normalized spacial score (nSPS) is 16.4. The molecule has 12 nitrogen and oxygen atoms in total. The van der Waals surface area contributed by atoms with Gasteiger partial charge in [0.2, 0.25) is 11.8 Å². The van der Waals surface area contributed by atoms with Gasteiger partial charge >= 0.3 is 0 Å². The second-order valence-corrected chi connectivity index (χ2v) is 8.11. The molecular weight excluding hydrogens is 452 g/mol. The molecule has 0 aliphatic carbocycles. The van der Waals surface area contributed by atoms with Gasteiger partial charge in [-0.3, -0.25) is 19.8 Å². The molecule has 1 aliphatic heterocycles. The average Bonchev–Trinajstić information content (AvgIpc) is 2.80. The quantitative estimate of drug-likeness (QED) is 0.124. The molecule has 0 saturated heterocycles. The van der Waals surface area contributed by atoms with Crippen LogP contribution in [0.5, 0.6) is 5.75 Å². The van der Waals surface area contributed by atoms with E-state index in [0.717, 1.165) is 0 Å². The molecule has 0 spiro atoms. The molecule has 1 aliphatic rings. The minimum atomic E-state index is -0.625. The fraction of sp³-hybridized carbons (Fsp3) is 0.304. The number of fused-ring (bicyclic) bond motifs is 2. The number of primary amides is 1. The molecule has 2 aromatic rings. The van der Waals surface area contributed by atoms with Gasteiger partial charge in [0.15, 0.2) is 5.96 Å². The van der Waals surface area contributed by atoms with Gasteiger partial charge in [-0.2, -0.15) is 0 Å². The molecule has 1 atom stereocenters. The standard InChI is InChI=1S/C23H30N8O4/c24-15-5-6-19-17(9-15)22(34)30-16(2-1-7-29-23(26)27)10-28-11-20(32)31-18-8-13(21(25)33)3-4-14(18)12-35-19/h3-6,8-9,16,28H,1-2,7,10-12,24H2,(H2,25,33)(H,30,34)(H,31,32)(H4,26,27,29)/t16-/m0/s1. The van der Waals surface area contributed by atoms with E-state index in [9.17, 15) is 14.4 Å². The van der Waals surface area contributed by atoms with Gasteiger partial charge in [-0.1, -0.05) is 6.07 Å². The van der Waals surface area contributed by atoms with Gasteiger partial charge in [-0.05, 0) is 43.2 Å². The third-order valence-electron chi connectivity index (χ3n) is 5.36. The molecule has 0 fully saturated rings. The van der Waals surface area contributed by atoms with E-state index < -0.39 is 5.91 Å². The predicted molar refractivity (Wildman–Crippen MR) is 132 cm³/mol. The number of nitrogens with two attached hydrogens (primary N) is 3. The molecule has 0 unspecified atom stereocenters. The van der Waals surface area contributed by atoms with Crippen LogP contribution in [0.15, 0.2) is 36.4 Å². The number of rotatable bonds is 5. The van der Waals surface area contributed by atoms with Crippen LogP contribution in [-0.2, 0) is 11.4 Å². The maximum atomic E-state index is 13.1. The lowest BCUT2D eigenvalue weighted by molar-refractivity contribution is -0.115. The van der Waals surface area contributed by atoms with Crippen molar-refractivity contribution in [1.29, 1.82) is 5.41 Å². The van der Waals surface area contributed by atoms with E-state index in [1.807, 2.05) is 0 Å². The largest absolute Gasteiger partial charge is 0.488 e. The third-order valence-corrected chi connectivity index (χ3v) is 5.36. The summed E-state index contributed by atoms with van der Waals surface area (Å²) in [5.74, 6) is -1.14. The Balaban J connectivity index is 1.88. The molecule has 0 saturated carbocycles. The Morgan fingerprint density at radius 1 is 1.17 bits per heavy atom. The highest BCUT2D eigenvalue weighted by Crippen LogP contribution is 2.25. The van der Waals surface area contributed by atoms with Crippen molar-refractivity contribution in [3.8, 4) is 5.75 Å². The molecule has 0 bridgehead atoms. The monoisotopic (exact) mass is 482 g/mol. The Bertz CT molecular complexity index is 1120. The number of benzene rings is 2. The number of carbonyl (C=O) groups excluding carboxylic acids is 3. The average molecular weight is 483 g/mol. The lowest BCUT2D eigenvalue weighted by atomic mass is 10.1. The van der Waals surface area contributed by atoms with Crippen LogP contribution in [0.2, 0.25) is 0 Å². The first-order valence-corrected chi connectivity index (χ1v) is 11.1. The van der Waals surface area contributed by atoms with Gasteiger partial charge in [-0.25, -0.2) is 0 Å². The summed E-state index contributed by atoms with van der Waals surface area (Å²) in [6.45, 7) is 0.773. The van der Waals surface area contributed by atoms with Crippen molar-refractivity contribution in [1.82, 2.24) is 16.0 Å². The third kappa shape index (κ3) is 7.33. The number of nitrogens with one attached hydrogen (secondary N) is 5. The smallest absolute Gasteiger partial charge is 0.255 e. The summed E-state index contributed by atoms with van der Waals surface area (Å²) in [5, 5.41) is 18.8. The van der Waals surface area contributed by atoms with E-state index in [-0.39, 0.29) is 48.1 Å². The maximum Gasteiger partial charge on any atom is 0.255 e. The number of hydrogen-bond donors (Lipinski definition) is 8. The summed E-state index contributed by atoms with van der Waals surface area (Å²) in [7, 11) is 0. The predicted octanol–water partition coefficient (Wildman–Crippen LogP) is -0.150. The fourth-order valence-electron chi connectivity index (χ4n) is 3.59. The Morgan fingerprint density at radius 3 is 2.71 bits per heavy atom. The van der Waals surface area contributed by atoms with E-state index in [1.165, 1.54) is 12.1 Å². The summed E-state index contributed by atoms with van der Waals surface area (Å²) in [6, 6.07) is 9.12. The highest BCUT2D eigenvalue weighted by atomic mass is 16.5. The molecule has 12 heteroatoms. The van der Waals surface area contributed by atoms with Gasteiger partial charge in [0.1, 0.15) is 12.4 Å². The number of ether oxygens (including phenoxy) is 1. The molecule has 1 heterocycles. The molecule has 3 amide bonds. The minimum Gasteiger partial charge on any atom is -0.488 e. The van der Waals surface area contributed by atoms with Crippen LogP contribution in [0.4, 0.5) is 11.4 Å². The van der Waals surface area contributed by atoms with Crippen LogP contribution in [0, 0.1) is 5.41 Å². The van der Waals surface area contributed by atoms with Crippen molar-refractivity contribution in [3.05, 3.63) is 53.1 Å². The van der Waals surface area contributed by atoms with Crippen molar-refractivity contribution in [2.45, 2.75) is 25.5 Å². The van der Waals surface area contributed by atoms with Crippen molar-refractivity contribution in [2.24, 2.45) is 11.5 Å². The highest BCUT2D eigenvalue weighted by Gasteiger charge is 2.20. The summed E-state index contributed by atoms with van der Waals surface area (Å²) in [4.78, 5) is 37.3. The zero-order valence-electron chi connectivity index (χ0n) is 19.1. The van der Waals surface area contributed by atoms with Crippen LogP contribution in [-0.4, -0.2) is 49.4 Å². The first kappa shape index (κ1) is 25.3. The number of nitrogen functional groups attached to an aromatic ring is 1. The summed E-state index contributed by atoms with van der Waals surface area (Å²) >= 11 is 0. The summed E-state index contributed by atoms with van der Waals surface area (Å²) in [5.41, 5.74) is 18.5. The first-order chi connectivity index (χ1) is 16.7. The topological polar surface area (TPSA) is 210 Å². The van der Waals surface area contributed by atoms with Crippen molar-refractivity contribution in [2.75, 3.05) is 30.7 Å². The molecule has 186 valence electrons. The van der Waals surface area contributed by atoms with Gasteiger partial charge in [0.25, 0.3) is 5.91 Å². The van der Waals surface area contributed by atoms with E-state index >= 15 is 0 Å². The number of hydrogen-bond acceptors (Lipinski definition) is 7. The van der Waals surface area contributed by atoms with Crippen LogP contribution < -0.4 is 43.2 Å². The van der Waals surface area contributed by atoms with Gasteiger partial charge in [0, 0.05) is 41.6 Å². The van der Waals surface area contributed by atoms with Crippen LogP contribution >= 0.6 is 0 Å². The van der Waals surface area contributed by atoms with Crippen LogP contribution in [0.1, 0.15) is 39.1 Å². The zero-order chi connectivity index (χ0) is 25.4. The number of amides is 3. The molecule has 35 heavy (non-hydrogen) atoms. The zero-order valence-corrected chi connectivity index (χ0v) is 19.1. The fourth-order valence-corrected chi connectivity index (χ4v) is 3.59. The van der Waals surface area contributed by atoms with Gasteiger partial charge < -0.3 is 43.2 Å². The lowest BCUT2D eigenvalue weighted by Crippen LogP contribution is -2.44. The van der Waals surface area contributed by atoms with Crippen molar-refractivity contribution < 1.29 is 19.1 Å². The van der Waals surface area contributed by atoms with Crippen LogP contribution in [0.3, 0.4) is 0 Å². The second kappa shape index (κ2) is 11.7. The van der Waals surface area contributed by atoms with E-state index in [0.29, 0.717) is 48.6 Å². The summed E-state index contributed by atoms with van der Waals surface area (Å²) in [6.07, 6.45) is 1.19.